The Balaban J connectivity index is 2.16. The molecular formula is C14H9ClF2O. The zero-order valence-electron chi connectivity index (χ0n) is 9.29. The number of carbonyl (C=O) groups is 1. The lowest BCUT2D eigenvalue weighted by Crippen LogP contribution is -2.03. The van der Waals surface area contributed by atoms with E-state index in [1.54, 1.807) is 6.07 Å². The molecule has 0 aromatic heterocycles. The van der Waals surface area contributed by atoms with Crippen LogP contribution >= 0.6 is 11.6 Å². The number of rotatable bonds is 3. The van der Waals surface area contributed by atoms with Gasteiger partial charge < -0.3 is 0 Å². The Morgan fingerprint density at radius 1 is 1.06 bits per heavy atom. The molecule has 0 spiro atoms. The minimum Gasteiger partial charge on any atom is -0.294 e. The second-order valence-electron chi connectivity index (χ2n) is 3.86. The third-order valence-electron chi connectivity index (χ3n) is 2.51. The fourth-order valence-electron chi connectivity index (χ4n) is 1.57. The van der Waals surface area contributed by atoms with E-state index in [1.807, 2.05) is 0 Å². The summed E-state index contributed by atoms with van der Waals surface area (Å²) >= 11 is 5.55. The highest BCUT2D eigenvalue weighted by atomic mass is 35.5. The molecule has 0 N–H and O–H groups in total. The first-order chi connectivity index (χ1) is 8.56. The van der Waals surface area contributed by atoms with Crippen LogP contribution in [-0.2, 0) is 6.42 Å². The van der Waals surface area contributed by atoms with Gasteiger partial charge in [-0.05, 0) is 42.0 Å². The number of benzene rings is 2. The minimum atomic E-state index is -0.555. The van der Waals surface area contributed by atoms with Gasteiger partial charge in [0.1, 0.15) is 11.6 Å². The summed E-state index contributed by atoms with van der Waals surface area (Å²) in [6.45, 7) is 0. The van der Waals surface area contributed by atoms with Crippen LogP contribution in [0.4, 0.5) is 8.78 Å². The number of hydrogen-bond donors (Lipinski definition) is 0. The molecular weight excluding hydrogens is 258 g/mol. The van der Waals surface area contributed by atoms with E-state index in [0.717, 1.165) is 0 Å². The molecule has 2 rings (SSSR count). The summed E-state index contributed by atoms with van der Waals surface area (Å²) in [5.41, 5.74) is 0.929. The fourth-order valence-corrected chi connectivity index (χ4v) is 1.69. The van der Waals surface area contributed by atoms with Crippen LogP contribution < -0.4 is 0 Å². The predicted molar refractivity (Wildman–Crippen MR) is 65.8 cm³/mol. The van der Waals surface area contributed by atoms with Crippen molar-refractivity contribution < 1.29 is 13.6 Å². The maximum atomic E-state index is 13.2. The van der Waals surface area contributed by atoms with E-state index in [1.165, 1.54) is 36.4 Å². The first-order valence-corrected chi connectivity index (χ1v) is 5.67. The molecule has 92 valence electrons. The summed E-state index contributed by atoms with van der Waals surface area (Å²) in [7, 11) is 0. The molecule has 0 saturated carbocycles. The SMILES string of the molecule is O=C(Cc1ccc(Cl)c(F)c1)c1ccc(F)cc1. The van der Waals surface area contributed by atoms with Gasteiger partial charge in [0.15, 0.2) is 5.78 Å². The summed E-state index contributed by atoms with van der Waals surface area (Å²) in [6.07, 6.45) is 0.0553. The van der Waals surface area contributed by atoms with E-state index in [9.17, 15) is 13.6 Å². The van der Waals surface area contributed by atoms with Crippen LogP contribution in [0.15, 0.2) is 42.5 Å². The van der Waals surface area contributed by atoms with Gasteiger partial charge in [-0.3, -0.25) is 4.79 Å². The lowest BCUT2D eigenvalue weighted by molar-refractivity contribution is 0.0993. The van der Waals surface area contributed by atoms with Crippen LogP contribution in [0.3, 0.4) is 0 Å². The summed E-state index contributed by atoms with van der Waals surface area (Å²) in [4.78, 5) is 11.8. The molecule has 0 aliphatic heterocycles. The monoisotopic (exact) mass is 266 g/mol. The van der Waals surface area contributed by atoms with Crippen molar-refractivity contribution >= 4 is 17.4 Å². The maximum Gasteiger partial charge on any atom is 0.167 e. The van der Waals surface area contributed by atoms with E-state index < -0.39 is 11.6 Å². The van der Waals surface area contributed by atoms with Crippen molar-refractivity contribution in [2.45, 2.75) is 6.42 Å². The van der Waals surface area contributed by atoms with E-state index in [2.05, 4.69) is 0 Å². The van der Waals surface area contributed by atoms with Crippen LogP contribution in [0.2, 0.25) is 5.02 Å². The molecule has 1 nitrogen and oxygen atoms in total. The standard InChI is InChI=1S/C14H9ClF2O/c15-12-6-1-9(7-13(12)17)8-14(18)10-2-4-11(16)5-3-10/h1-7H,8H2. The molecule has 0 saturated heterocycles. The first-order valence-electron chi connectivity index (χ1n) is 5.29. The molecule has 18 heavy (non-hydrogen) atoms. The molecule has 0 bridgehead atoms. The first kappa shape index (κ1) is 12.7. The maximum absolute atomic E-state index is 13.2. The smallest absolute Gasteiger partial charge is 0.167 e. The largest absolute Gasteiger partial charge is 0.294 e. The van der Waals surface area contributed by atoms with Crippen molar-refractivity contribution in [2.75, 3.05) is 0 Å². The minimum absolute atomic E-state index is 0.0213. The average molecular weight is 267 g/mol. The third-order valence-corrected chi connectivity index (χ3v) is 2.82. The number of ketones is 1. The number of hydrogen-bond acceptors (Lipinski definition) is 1. The Labute approximate surface area is 108 Å². The molecule has 0 atom stereocenters. The molecule has 2 aromatic rings. The van der Waals surface area contributed by atoms with Crippen molar-refractivity contribution in [3.63, 3.8) is 0 Å². The Bertz CT molecular complexity index is 579. The molecule has 0 heterocycles. The highest BCUT2D eigenvalue weighted by Gasteiger charge is 2.09. The Kier molecular flexibility index (Phi) is 3.72. The highest BCUT2D eigenvalue weighted by molar-refractivity contribution is 6.30. The predicted octanol–water partition coefficient (Wildman–Crippen LogP) is 4.04. The number of Topliss-reactive ketones (excluding diaryl/α,β-unsaturated/α-hetero) is 1. The van der Waals surface area contributed by atoms with E-state index in [0.29, 0.717) is 11.1 Å². The molecule has 0 fully saturated rings. The summed E-state index contributed by atoms with van der Waals surface area (Å²) in [5.74, 6) is -1.15. The highest BCUT2D eigenvalue weighted by Crippen LogP contribution is 2.17. The normalized spacial score (nSPS) is 10.4. The van der Waals surface area contributed by atoms with Gasteiger partial charge in [0.2, 0.25) is 0 Å². The number of halogens is 3. The Morgan fingerprint density at radius 3 is 2.33 bits per heavy atom. The average Bonchev–Trinajstić information content (AvgIpc) is 2.34. The second kappa shape index (κ2) is 5.27. The topological polar surface area (TPSA) is 17.1 Å². The Morgan fingerprint density at radius 2 is 1.72 bits per heavy atom. The van der Waals surface area contributed by atoms with Crippen LogP contribution in [0.1, 0.15) is 15.9 Å². The van der Waals surface area contributed by atoms with Crippen molar-refractivity contribution in [3.05, 3.63) is 70.2 Å². The molecule has 2 aromatic carbocycles. The molecule has 4 heteroatoms. The van der Waals surface area contributed by atoms with Crippen LogP contribution in [0.25, 0.3) is 0 Å². The van der Waals surface area contributed by atoms with Crippen molar-refractivity contribution in [3.8, 4) is 0 Å². The van der Waals surface area contributed by atoms with Crippen LogP contribution in [-0.4, -0.2) is 5.78 Å². The zero-order valence-corrected chi connectivity index (χ0v) is 10.0. The molecule has 0 unspecified atom stereocenters. The van der Waals surface area contributed by atoms with Gasteiger partial charge in [-0.1, -0.05) is 17.7 Å². The van der Waals surface area contributed by atoms with Gasteiger partial charge in [0.25, 0.3) is 0 Å². The molecule has 0 aliphatic carbocycles. The lowest BCUT2D eigenvalue weighted by atomic mass is 10.0. The molecule has 0 aliphatic rings. The van der Waals surface area contributed by atoms with Crippen molar-refractivity contribution in [1.82, 2.24) is 0 Å². The van der Waals surface area contributed by atoms with Gasteiger partial charge in [0, 0.05) is 12.0 Å². The summed E-state index contributed by atoms with van der Waals surface area (Å²) < 4.78 is 25.9. The van der Waals surface area contributed by atoms with E-state index >= 15 is 0 Å². The third kappa shape index (κ3) is 2.93. The molecule has 0 radical (unpaired) electrons. The fraction of sp³-hybridized carbons (Fsp3) is 0.0714. The zero-order chi connectivity index (χ0) is 13.1. The lowest BCUT2D eigenvalue weighted by Gasteiger charge is -2.03. The van der Waals surface area contributed by atoms with Gasteiger partial charge in [-0.15, -0.1) is 0 Å². The van der Waals surface area contributed by atoms with Crippen molar-refractivity contribution in [1.29, 1.82) is 0 Å². The quantitative estimate of drug-likeness (QED) is 0.766. The summed E-state index contributed by atoms with van der Waals surface area (Å²) in [5, 5.41) is 0.0213. The summed E-state index contributed by atoms with van der Waals surface area (Å²) in [6, 6.07) is 9.47. The van der Waals surface area contributed by atoms with Crippen LogP contribution in [0.5, 0.6) is 0 Å². The van der Waals surface area contributed by atoms with Gasteiger partial charge in [-0.25, -0.2) is 8.78 Å². The molecule has 0 amide bonds. The Hall–Kier alpha value is -1.74. The van der Waals surface area contributed by atoms with Crippen LogP contribution in [0, 0.1) is 11.6 Å². The number of carbonyl (C=O) groups excluding carboxylic acids is 1. The van der Waals surface area contributed by atoms with E-state index in [-0.39, 0.29) is 17.2 Å². The van der Waals surface area contributed by atoms with E-state index in [4.69, 9.17) is 11.6 Å². The van der Waals surface area contributed by atoms with Crippen molar-refractivity contribution in [2.24, 2.45) is 0 Å². The second-order valence-corrected chi connectivity index (χ2v) is 4.26. The van der Waals surface area contributed by atoms with Gasteiger partial charge in [-0.2, -0.15) is 0 Å². The van der Waals surface area contributed by atoms with Gasteiger partial charge >= 0.3 is 0 Å². The van der Waals surface area contributed by atoms with Gasteiger partial charge in [0.05, 0.1) is 5.02 Å².